The van der Waals surface area contributed by atoms with Crippen LogP contribution in [0.1, 0.15) is 57.8 Å². The molecule has 1 saturated carbocycles. The van der Waals surface area contributed by atoms with Crippen molar-refractivity contribution < 1.29 is 9.84 Å². The highest BCUT2D eigenvalue weighted by Gasteiger charge is 2.21. The van der Waals surface area contributed by atoms with Gasteiger partial charge in [0, 0.05) is 6.61 Å². The fourth-order valence-corrected chi connectivity index (χ4v) is 3.03. The van der Waals surface area contributed by atoms with Gasteiger partial charge >= 0.3 is 0 Å². The van der Waals surface area contributed by atoms with E-state index in [9.17, 15) is 5.11 Å². The molecule has 2 nitrogen and oxygen atoms in total. The third-order valence-electron chi connectivity index (χ3n) is 3.92. The monoisotopic (exact) mass is 212 g/mol. The normalized spacial score (nSPS) is 37.0. The summed E-state index contributed by atoms with van der Waals surface area (Å²) in [5.74, 6) is 0.787. The van der Waals surface area contributed by atoms with Crippen molar-refractivity contribution in [2.24, 2.45) is 5.92 Å². The average molecular weight is 212 g/mol. The minimum absolute atomic E-state index is 0.00789. The second-order valence-corrected chi connectivity index (χ2v) is 5.25. The van der Waals surface area contributed by atoms with Gasteiger partial charge in [0.15, 0.2) is 0 Å². The molecule has 88 valence electrons. The lowest BCUT2D eigenvalue weighted by molar-refractivity contribution is 0.0863. The Morgan fingerprint density at radius 2 is 2.00 bits per heavy atom. The maximum atomic E-state index is 9.57. The molecule has 0 aromatic heterocycles. The molecule has 2 rings (SSSR count). The van der Waals surface area contributed by atoms with Crippen LogP contribution >= 0.6 is 0 Å². The van der Waals surface area contributed by atoms with E-state index in [4.69, 9.17) is 4.74 Å². The van der Waals surface area contributed by atoms with Crippen molar-refractivity contribution in [2.45, 2.75) is 70.0 Å². The first kappa shape index (κ1) is 11.4. The smallest absolute Gasteiger partial charge is 0.0576 e. The molecular formula is C13H24O2. The molecule has 0 amide bonds. The summed E-state index contributed by atoms with van der Waals surface area (Å²) in [6.07, 6.45) is 11.6. The maximum absolute atomic E-state index is 9.57. The van der Waals surface area contributed by atoms with E-state index in [0.717, 1.165) is 25.4 Å². The van der Waals surface area contributed by atoms with E-state index in [1.807, 2.05) is 0 Å². The van der Waals surface area contributed by atoms with E-state index in [2.05, 4.69) is 0 Å². The Morgan fingerprint density at radius 1 is 1.07 bits per heavy atom. The van der Waals surface area contributed by atoms with Gasteiger partial charge in [0.05, 0.1) is 12.2 Å². The topological polar surface area (TPSA) is 29.5 Å². The Labute approximate surface area is 93.0 Å². The lowest BCUT2D eigenvalue weighted by Crippen LogP contribution is -2.19. The number of hydrogen-bond acceptors (Lipinski definition) is 2. The van der Waals surface area contributed by atoms with Crippen LogP contribution in [0.4, 0.5) is 0 Å². The quantitative estimate of drug-likeness (QED) is 0.776. The zero-order valence-corrected chi connectivity index (χ0v) is 9.66. The van der Waals surface area contributed by atoms with Crippen molar-refractivity contribution in [3.05, 3.63) is 0 Å². The van der Waals surface area contributed by atoms with Crippen LogP contribution in [0, 0.1) is 5.92 Å². The lowest BCUT2D eigenvalue weighted by atomic mass is 9.84. The Balaban J connectivity index is 1.56. The van der Waals surface area contributed by atoms with Gasteiger partial charge in [-0.25, -0.2) is 0 Å². The van der Waals surface area contributed by atoms with E-state index in [-0.39, 0.29) is 6.10 Å². The summed E-state index contributed by atoms with van der Waals surface area (Å²) < 4.78 is 5.61. The minimum atomic E-state index is -0.00789. The SMILES string of the molecule is OC1CCCC(CCCC2CCCO2)C1. The van der Waals surface area contributed by atoms with Crippen LogP contribution in [0.3, 0.4) is 0 Å². The molecule has 2 heteroatoms. The van der Waals surface area contributed by atoms with E-state index in [0.29, 0.717) is 6.10 Å². The van der Waals surface area contributed by atoms with Crippen molar-refractivity contribution in [3.8, 4) is 0 Å². The molecule has 1 heterocycles. The molecule has 0 radical (unpaired) electrons. The van der Waals surface area contributed by atoms with Crippen LogP contribution in [0.2, 0.25) is 0 Å². The summed E-state index contributed by atoms with van der Waals surface area (Å²) in [6, 6.07) is 0. The number of ether oxygens (including phenoxy) is 1. The van der Waals surface area contributed by atoms with Crippen LogP contribution in [-0.2, 0) is 4.74 Å². The first-order valence-corrected chi connectivity index (χ1v) is 6.64. The maximum Gasteiger partial charge on any atom is 0.0576 e. The van der Waals surface area contributed by atoms with Crippen molar-refractivity contribution in [1.82, 2.24) is 0 Å². The van der Waals surface area contributed by atoms with Crippen molar-refractivity contribution in [2.75, 3.05) is 6.61 Å². The first-order chi connectivity index (χ1) is 7.34. The van der Waals surface area contributed by atoms with Crippen molar-refractivity contribution in [3.63, 3.8) is 0 Å². The molecule has 1 N–H and O–H groups in total. The van der Waals surface area contributed by atoms with Crippen LogP contribution in [0.5, 0.6) is 0 Å². The largest absolute Gasteiger partial charge is 0.393 e. The predicted molar refractivity (Wildman–Crippen MR) is 60.8 cm³/mol. The third kappa shape index (κ3) is 3.76. The summed E-state index contributed by atoms with van der Waals surface area (Å²) >= 11 is 0. The second kappa shape index (κ2) is 5.86. The highest BCUT2D eigenvalue weighted by atomic mass is 16.5. The molecule has 2 fully saturated rings. The highest BCUT2D eigenvalue weighted by Crippen LogP contribution is 2.29. The van der Waals surface area contributed by atoms with Crippen molar-refractivity contribution >= 4 is 0 Å². The molecule has 1 aliphatic heterocycles. The van der Waals surface area contributed by atoms with Gasteiger partial charge in [-0.05, 0) is 38.0 Å². The third-order valence-corrected chi connectivity index (χ3v) is 3.92. The summed E-state index contributed by atoms with van der Waals surface area (Å²) in [7, 11) is 0. The standard InChI is InChI=1S/C13H24O2/c14-12-6-1-4-11(10-12)5-2-7-13-8-3-9-15-13/h11-14H,1-10H2. The lowest BCUT2D eigenvalue weighted by Gasteiger charge is -2.26. The number of aliphatic hydroxyl groups is 1. The minimum Gasteiger partial charge on any atom is -0.393 e. The van der Waals surface area contributed by atoms with Crippen LogP contribution in [0.15, 0.2) is 0 Å². The zero-order chi connectivity index (χ0) is 10.5. The van der Waals surface area contributed by atoms with Gasteiger partial charge in [0.2, 0.25) is 0 Å². The molecular weight excluding hydrogens is 188 g/mol. The predicted octanol–water partition coefficient (Wildman–Crippen LogP) is 2.89. The summed E-state index contributed by atoms with van der Waals surface area (Å²) in [5, 5.41) is 9.57. The Kier molecular flexibility index (Phi) is 4.45. The van der Waals surface area contributed by atoms with Gasteiger partial charge < -0.3 is 9.84 Å². The van der Waals surface area contributed by atoms with Gasteiger partial charge in [-0.2, -0.15) is 0 Å². The molecule has 0 aromatic rings. The summed E-state index contributed by atoms with van der Waals surface area (Å²) in [5.41, 5.74) is 0. The molecule has 3 unspecified atom stereocenters. The number of hydrogen-bond donors (Lipinski definition) is 1. The van der Waals surface area contributed by atoms with E-state index in [1.54, 1.807) is 0 Å². The van der Waals surface area contributed by atoms with Gasteiger partial charge in [-0.15, -0.1) is 0 Å². The fourth-order valence-electron chi connectivity index (χ4n) is 3.03. The van der Waals surface area contributed by atoms with Crippen LogP contribution in [-0.4, -0.2) is 23.9 Å². The van der Waals surface area contributed by atoms with Crippen LogP contribution in [0.25, 0.3) is 0 Å². The molecule has 15 heavy (non-hydrogen) atoms. The molecule has 1 aliphatic carbocycles. The van der Waals surface area contributed by atoms with Crippen molar-refractivity contribution in [1.29, 1.82) is 0 Å². The molecule has 0 bridgehead atoms. The number of rotatable bonds is 4. The molecule has 0 spiro atoms. The molecule has 2 aliphatic rings. The first-order valence-electron chi connectivity index (χ1n) is 6.64. The van der Waals surface area contributed by atoms with Gasteiger partial charge in [0.25, 0.3) is 0 Å². The van der Waals surface area contributed by atoms with Gasteiger partial charge in [-0.1, -0.05) is 25.7 Å². The van der Waals surface area contributed by atoms with Gasteiger partial charge in [-0.3, -0.25) is 0 Å². The number of aliphatic hydroxyl groups excluding tert-OH is 1. The summed E-state index contributed by atoms with van der Waals surface area (Å²) in [6.45, 7) is 0.979. The average Bonchev–Trinajstić information content (AvgIpc) is 2.71. The second-order valence-electron chi connectivity index (χ2n) is 5.25. The summed E-state index contributed by atoms with van der Waals surface area (Å²) in [4.78, 5) is 0. The zero-order valence-electron chi connectivity index (χ0n) is 9.66. The van der Waals surface area contributed by atoms with Gasteiger partial charge in [0.1, 0.15) is 0 Å². The van der Waals surface area contributed by atoms with E-state index < -0.39 is 0 Å². The Hall–Kier alpha value is -0.0800. The molecule has 0 aromatic carbocycles. The van der Waals surface area contributed by atoms with Crippen LogP contribution < -0.4 is 0 Å². The van der Waals surface area contributed by atoms with E-state index in [1.165, 1.54) is 44.9 Å². The molecule has 1 saturated heterocycles. The fraction of sp³-hybridized carbons (Fsp3) is 1.00. The highest BCUT2D eigenvalue weighted by molar-refractivity contribution is 4.73. The Bertz CT molecular complexity index is 175. The molecule has 3 atom stereocenters. The van der Waals surface area contributed by atoms with E-state index >= 15 is 0 Å². The Morgan fingerprint density at radius 3 is 2.73 bits per heavy atom.